The van der Waals surface area contributed by atoms with Gasteiger partial charge in [0, 0.05) is 17.5 Å². The summed E-state index contributed by atoms with van der Waals surface area (Å²) >= 11 is 1.33. The summed E-state index contributed by atoms with van der Waals surface area (Å²) in [6.45, 7) is 2.02. The largest absolute Gasteiger partial charge is 0.477 e. The number of nitrogens with one attached hydrogen (secondary N) is 1. The molecule has 0 saturated heterocycles. The van der Waals surface area contributed by atoms with E-state index in [1.54, 1.807) is 12.1 Å². The van der Waals surface area contributed by atoms with E-state index in [2.05, 4.69) is 15.0 Å². The van der Waals surface area contributed by atoms with Crippen molar-refractivity contribution in [1.29, 1.82) is 0 Å². The fourth-order valence-corrected chi connectivity index (χ4v) is 2.56. The van der Waals surface area contributed by atoms with E-state index in [1.807, 2.05) is 6.92 Å². The monoisotopic (exact) mass is 305 g/mol. The Labute approximate surface area is 125 Å². The standard InChI is InChI=1S/C14H15N3O3S/c1-2-4-9-7-12(18)17-14(16-9)21-8-10-5-3-6-11(15-10)13(19)20/h3,5-7H,2,4,8H2,1H3,(H,19,20)(H,16,17,18). The second kappa shape index (κ2) is 7.03. The number of carboxylic acids is 1. The van der Waals surface area contributed by atoms with Gasteiger partial charge in [0.05, 0.1) is 5.69 Å². The van der Waals surface area contributed by atoms with E-state index in [4.69, 9.17) is 5.11 Å². The number of aromatic amines is 1. The van der Waals surface area contributed by atoms with Crippen molar-refractivity contribution in [2.75, 3.05) is 0 Å². The van der Waals surface area contributed by atoms with Gasteiger partial charge in [0.2, 0.25) is 0 Å². The number of thioether (sulfide) groups is 1. The molecular weight excluding hydrogens is 290 g/mol. The summed E-state index contributed by atoms with van der Waals surface area (Å²) in [5.41, 5.74) is 1.22. The van der Waals surface area contributed by atoms with Gasteiger partial charge in [-0.2, -0.15) is 0 Å². The smallest absolute Gasteiger partial charge is 0.354 e. The fraction of sp³-hybridized carbons (Fsp3) is 0.286. The van der Waals surface area contributed by atoms with Crippen molar-refractivity contribution in [3.63, 3.8) is 0 Å². The van der Waals surface area contributed by atoms with E-state index < -0.39 is 5.97 Å². The lowest BCUT2D eigenvalue weighted by molar-refractivity contribution is 0.0690. The minimum Gasteiger partial charge on any atom is -0.477 e. The molecule has 0 amide bonds. The summed E-state index contributed by atoms with van der Waals surface area (Å²) in [4.78, 5) is 33.5. The molecule has 6 nitrogen and oxygen atoms in total. The molecule has 2 rings (SSSR count). The number of aromatic carboxylic acids is 1. The van der Waals surface area contributed by atoms with E-state index in [-0.39, 0.29) is 11.3 Å². The van der Waals surface area contributed by atoms with E-state index in [0.717, 1.165) is 18.5 Å². The molecule has 7 heteroatoms. The molecule has 0 atom stereocenters. The molecule has 0 aliphatic heterocycles. The van der Waals surface area contributed by atoms with Gasteiger partial charge in [-0.3, -0.25) is 4.79 Å². The maximum absolute atomic E-state index is 11.5. The topological polar surface area (TPSA) is 95.9 Å². The first-order chi connectivity index (χ1) is 10.1. The number of nitrogens with zero attached hydrogens (tertiary/aromatic N) is 2. The van der Waals surface area contributed by atoms with E-state index in [0.29, 0.717) is 16.6 Å². The second-order valence-electron chi connectivity index (χ2n) is 4.40. The van der Waals surface area contributed by atoms with Gasteiger partial charge in [-0.05, 0) is 18.6 Å². The molecule has 110 valence electrons. The Kier molecular flexibility index (Phi) is 5.10. The number of H-pyrrole nitrogens is 1. The minimum absolute atomic E-state index is 0.00860. The maximum atomic E-state index is 11.5. The molecule has 0 aliphatic carbocycles. The van der Waals surface area contributed by atoms with Gasteiger partial charge in [0.25, 0.3) is 5.56 Å². The molecule has 2 aromatic rings. The molecule has 21 heavy (non-hydrogen) atoms. The molecule has 0 aliphatic rings. The molecule has 0 spiro atoms. The van der Waals surface area contributed by atoms with Crippen LogP contribution in [0.25, 0.3) is 0 Å². The van der Waals surface area contributed by atoms with E-state index >= 15 is 0 Å². The maximum Gasteiger partial charge on any atom is 0.354 e. The van der Waals surface area contributed by atoms with Crippen LogP contribution in [0, 0.1) is 0 Å². The van der Waals surface area contributed by atoms with Crippen molar-refractivity contribution in [2.45, 2.75) is 30.7 Å². The summed E-state index contributed by atoms with van der Waals surface area (Å²) < 4.78 is 0. The Morgan fingerprint density at radius 1 is 1.33 bits per heavy atom. The van der Waals surface area contributed by atoms with Crippen LogP contribution >= 0.6 is 11.8 Å². The van der Waals surface area contributed by atoms with Crippen molar-refractivity contribution < 1.29 is 9.90 Å². The van der Waals surface area contributed by atoms with Crippen LogP contribution in [0.2, 0.25) is 0 Å². The zero-order valence-corrected chi connectivity index (χ0v) is 12.3. The van der Waals surface area contributed by atoms with Crippen LogP contribution in [0.4, 0.5) is 0 Å². The molecular formula is C14H15N3O3S. The van der Waals surface area contributed by atoms with E-state index in [9.17, 15) is 9.59 Å². The predicted molar refractivity (Wildman–Crippen MR) is 79.6 cm³/mol. The van der Waals surface area contributed by atoms with Gasteiger partial charge in [-0.25, -0.2) is 14.8 Å². The number of hydrogen-bond donors (Lipinski definition) is 2. The summed E-state index contributed by atoms with van der Waals surface area (Å²) in [5, 5.41) is 9.42. The fourth-order valence-electron chi connectivity index (χ4n) is 1.76. The average molecular weight is 305 g/mol. The summed E-state index contributed by atoms with van der Waals surface area (Å²) in [6, 6.07) is 6.33. The van der Waals surface area contributed by atoms with Crippen molar-refractivity contribution in [3.05, 3.63) is 51.7 Å². The Balaban J connectivity index is 2.11. The van der Waals surface area contributed by atoms with Crippen LogP contribution < -0.4 is 5.56 Å². The molecule has 0 unspecified atom stereocenters. The quantitative estimate of drug-likeness (QED) is 0.627. The number of hydrogen-bond acceptors (Lipinski definition) is 5. The van der Waals surface area contributed by atoms with Gasteiger partial charge in [-0.1, -0.05) is 31.2 Å². The van der Waals surface area contributed by atoms with Gasteiger partial charge < -0.3 is 10.1 Å². The third-order valence-electron chi connectivity index (χ3n) is 2.66. The van der Waals surface area contributed by atoms with Crippen molar-refractivity contribution in [1.82, 2.24) is 15.0 Å². The third-order valence-corrected chi connectivity index (χ3v) is 3.57. The molecule has 0 radical (unpaired) electrons. The molecule has 2 heterocycles. The van der Waals surface area contributed by atoms with Crippen molar-refractivity contribution in [2.24, 2.45) is 0 Å². The van der Waals surface area contributed by atoms with Crippen LogP contribution in [0.3, 0.4) is 0 Å². The predicted octanol–water partition coefficient (Wildman–Crippen LogP) is 2.11. The molecule has 0 fully saturated rings. The van der Waals surface area contributed by atoms with Crippen LogP contribution in [-0.2, 0) is 12.2 Å². The molecule has 0 aromatic carbocycles. The van der Waals surface area contributed by atoms with Crippen LogP contribution in [-0.4, -0.2) is 26.0 Å². The Morgan fingerprint density at radius 3 is 2.86 bits per heavy atom. The highest BCUT2D eigenvalue weighted by atomic mass is 32.2. The molecule has 2 aromatic heterocycles. The Morgan fingerprint density at radius 2 is 2.14 bits per heavy atom. The highest BCUT2D eigenvalue weighted by molar-refractivity contribution is 7.98. The number of rotatable bonds is 6. The van der Waals surface area contributed by atoms with Gasteiger partial charge in [0.1, 0.15) is 5.69 Å². The highest BCUT2D eigenvalue weighted by Gasteiger charge is 2.07. The zero-order chi connectivity index (χ0) is 15.2. The van der Waals surface area contributed by atoms with Crippen LogP contribution in [0.1, 0.15) is 35.2 Å². The normalized spacial score (nSPS) is 10.5. The molecule has 2 N–H and O–H groups in total. The van der Waals surface area contributed by atoms with Crippen molar-refractivity contribution >= 4 is 17.7 Å². The number of aromatic nitrogens is 3. The first-order valence-corrected chi connectivity index (χ1v) is 7.49. The summed E-state index contributed by atoms with van der Waals surface area (Å²) in [5.74, 6) is -0.613. The number of pyridine rings is 1. The Hall–Kier alpha value is -2.15. The molecule has 0 bridgehead atoms. The lowest BCUT2D eigenvalue weighted by atomic mass is 10.2. The lowest BCUT2D eigenvalue weighted by Gasteiger charge is -2.04. The highest BCUT2D eigenvalue weighted by Crippen LogP contribution is 2.17. The zero-order valence-electron chi connectivity index (χ0n) is 11.5. The number of carbonyl (C=O) groups is 1. The van der Waals surface area contributed by atoms with Gasteiger partial charge >= 0.3 is 5.97 Å². The van der Waals surface area contributed by atoms with Crippen molar-refractivity contribution in [3.8, 4) is 0 Å². The third kappa shape index (κ3) is 4.42. The van der Waals surface area contributed by atoms with E-state index in [1.165, 1.54) is 23.9 Å². The minimum atomic E-state index is -1.06. The second-order valence-corrected chi connectivity index (χ2v) is 5.36. The van der Waals surface area contributed by atoms with Gasteiger partial charge in [-0.15, -0.1) is 0 Å². The average Bonchev–Trinajstić information content (AvgIpc) is 2.45. The molecule has 0 saturated carbocycles. The first-order valence-electron chi connectivity index (χ1n) is 6.50. The SMILES string of the molecule is CCCc1cc(=O)[nH]c(SCc2cccc(C(=O)O)n2)n1. The lowest BCUT2D eigenvalue weighted by Crippen LogP contribution is -2.10. The summed E-state index contributed by atoms with van der Waals surface area (Å²) in [7, 11) is 0. The first kappa shape index (κ1) is 15.2. The van der Waals surface area contributed by atoms with Gasteiger partial charge in [0.15, 0.2) is 5.16 Å². The van der Waals surface area contributed by atoms with Crippen LogP contribution in [0.15, 0.2) is 34.2 Å². The number of carboxylic acid groups (broad SMARTS) is 1. The number of aryl methyl sites for hydroxylation is 1. The Bertz CT molecular complexity index is 700. The summed E-state index contributed by atoms with van der Waals surface area (Å²) in [6.07, 6.45) is 1.67. The van der Waals surface area contributed by atoms with Crippen LogP contribution in [0.5, 0.6) is 0 Å².